The molecule has 1 aromatic carbocycles. The summed E-state index contributed by atoms with van der Waals surface area (Å²) < 4.78 is 7.42. The molecular formula is C16H23N3O. The number of nitrogens with one attached hydrogen (secondary N) is 1. The van der Waals surface area contributed by atoms with Crippen LogP contribution in [0.15, 0.2) is 30.5 Å². The molecule has 1 heterocycles. The first-order valence-electron chi connectivity index (χ1n) is 7.21. The molecule has 0 aliphatic heterocycles. The Morgan fingerprint density at radius 3 is 2.75 bits per heavy atom. The van der Waals surface area contributed by atoms with E-state index in [4.69, 9.17) is 4.74 Å². The fourth-order valence-corrected chi connectivity index (χ4v) is 2.34. The van der Waals surface area contributed by atoms with E-state index >= 15 is 0 Å². The van der Waals surface area contributed by atoms with Crippen molar-refractivity contribution in [2.75, 3.05) is 13.7 Å². The van der Waals surface area contributed by atoms with Crippen molar-refractivity contribution < 1.29 is 4.74 Å². The van der Waals surface area contributed by atoms with Crippen LogP contribution in [0, 0.1) is 0 Å². The smallest absolute Gasteiger partial charge is 0.144 e. The molecule has 0 saturated heterocycles. The zero-order chi connectivity index (χ0) is 14.4. The van der Waals surface area contributed by atoms with Crippen LogP contribution in [0.5, 0.6) is 5.75 Å². The summed E-state index contributed by atoms with van der Waals surface area (Å²) in [6.45, 7) is 6.23. The number of hydrogen-bond acceptors (Lipinski definition) is 3. The van der Waals surface area contributed by atoms with Crippen LogP contribution in [-0.4, -0.2) is 23.4 Å². The molecule has 4 nitrogen and oxygen atoms in total. The van der Waals surface area contributed by atoms with Gasteiger partial charge in [-0.05, 0) is 31.5 Å². The predicted molar refractivity (Wildman–Crippen MR) is 81.5 cm³/mol. The summed E-state index contributed by atoms with van der Waals surface area (Å²) in [5.74, 6) is 0.846. The van der Waals surface area contributed by atoms with Crippen molar-refractivity contribution in [3.63, 3.8) is 0 Å². The second-order valence-corrected chi connectivity index (χ2v) is 4.73. The molecule has 0 saturated carbocycles. The lowest BCUT2D eigenvalue weighted by molar-refractivity contribution is 0.411. The maximum Gasteiger partial charge on any atom is 0.144 e. The molecule has 0 atom stereocenters. The first kappa shape index (κ1) is 14.6. The Balaban J connectivity index is 2.32. The van der Waals surface area contributed by atoms with Crippen molar-refractivity contribution in [2.24, 2.45) is 0 Å². The molecule has 0 bridgehead atoms. The number of ether oxygens (including phenoxy) is 1. The van der Waals surface area contributed by atoms with E-state index in [0.29, 0.717) is 0 Å². The second kappa shape index (κ2) is 7.10. The van der Waals surface area contributed by atoms with Crippen molar-refractivity contribution in [1.82, 2.24) is 15.1 Å². The highest BCUT2D eigenvalue weighted by Gasteiger charge is 2.13. The molecule has 1 aromatic heterocycles. The van der Waals surface area contributed by atoms with Gasteiger partial charge in [0.05, 0.1) is 13.3 Å². The molecule has 0 aliphatic rings. The molecule has 2 rings (SSSR count). The van der Waals surface area contributed by atoms with Gasteiger partial charge in [0.15, 0.2) is 0 Å². The van der Waals surface area contributed by atoms with Crippen LogP contribution < -0.4 is 10.1 Å². The van der Waals surface area contributed by atoms with E-state index in [0.717, 1.165) is 37.4 Å². The third-order valence-corrected chi connectivity index (χ3v) is 3.35. The van der Waals surface area contributed by atoms with Gasteiger partial charge in [-0.25, -0.2) is 4.68 Å². The third-order valence-electron chi connectivity index (χ3n) is 3.35. The molecule has 108 valence electrons. The van der Waals surface area contributed by atoms with Crippen molar-refractivity contribution >= 4 is 0 Å². The number of hydrogen-bond donors (Lipinski definition) is 1. The molecule has 20 heavy (non-hydrogen) atoms. The van der Waals surface area contributed by atoms with Gasteiger partial charge in [-0.3, -0.25) is 0 Å². The SMILES string of the molecule is CCCNCc1cnn(-c2ccccc2OC)c1CC. The van der Waals surface area contributed by atoms with Crippen molar-refractivity contribution in [3.8, 4) is 11.4 Å². The average molecular weight is 273 g/mol. The molecule has 4 heteroatoms. The monoisotopic (exact) mass is 273 g/mol. The van der Waals surface area contributed by atoms with Crippen LogP contribution in [0.4, 0.5) is 0 Å². The summed E-state index contributed by atoms with van der Waals surface area (Å²) in [5, 5.41) is 7.98. The second-order valence-electron chi connectivity index (χ2n) is 4.73. The Kier molecular flexibility index (Phi) is 5.18. The van der Waals surface area contributed by atoms with Gasteiger partial charge in [-0.1, -0.05) is 26.0 Å². The van der Waals surface area contributed by atoms with E-state index in [1.807, 2.05) is 35.1 Å². The molecular weight excluding hydrogens is 250 g/mol. The first-order valence-corrected chi connectivity index (χ1v) is 7.21. The van der Waals surface area contributed by atoms with E-state index in [2.05, 4.69) is 24.3 Å². The van der Waals surface area contributed by atoms with E-state index in [9.17, 15) is 0 Å². The van der Waals surface area contributed by atoms with Crippen LogP contribution >= 0.6 is 0 Å². The summed E-state index contributed by atoms with van der Waals surface area (Å²) in [4.78, 5) is 0. The number of nitrogens with zero attached hydrogens (tertiary/aromatic N) is 2. The minimum absolute atomic E-state index is 0.846. The number of aromatic nitrogens is 2. The number of rotatable bonds is 7. The minimum Gasteiger partial charge on any atom is -0.494 e. The van der Waals surface area contributed by atoms with E-state index in [-0.39, 0.29) is 0 Å². The highest BCUT2D eigenvalue weighted by molar-refractivity contribution is 5.47. The van der Waals surface area contributed by atoms with Crippen molar-refractivity contribution in [2.45, 2.75) is 33.2 Å². The summed E-state index contributed by atoms with van der Waals surface area (Å²) >= 11 is 0. The third kappa shape index (κ3) is 3.02. The predicted octanol–water partition coefficient (Wildman–Crippen LogP) is 2.94. The molecule has 0 amide bonds. The van der Waals surface area contributed by atoms with Crippen LogP contribution in [-0.2, 0) is 13.0 Å². The molecule has 0 unspecified atom stereocenters. The maximum atomic E-state index is 5.43. The fourth-order valence-electron chi connectivity index (χ4n) is 2.34. The molecule has 2 aromatic rings. The van der Waals surface area contributed by atoms with E-state index in [1.54, 1.807) is 7.11 Å². The van der Waals surface area contributed by atoms with Gasteiger partial charge in [-0.2, -0.15) is 5.10 Å². The quantitative estimate of drug-likeness (QED) is 0.788. The average Bonchev–Trinajstić information content (AvgIpc) is 2.90. The molecule has 0 spiro atoms. The topological polar surface area (TPSA) is 39.1 Å². The lowest BCUT2D eigenvalue weighted by atomic mass is 10.2. The Morgan fingerprint density at radius 2 is 2.05 bits per heavy atom. The lowest BCUT2D eigenvalue weighted by Crippen LogP contribution is -2.15. The van der Waals surface area contributed by atoms with Gasteiger partial charge in [0, 0.05) is 17.8 Å². The number of methoxy groups -OCH3 is 1. The lowest BCUT2D eigenvalue weighted by Gasteiger charge is -2.12. The van der Waals surface area contributed by atoms with Gasteiger partial charge in [0.1, 0.15) is 11.4 Å². The van der Waals surface area contributed by atoms with Crippen LogP contribution in [0.3, 0.4) is 0 Å². The van der Waals surface area contributed by atoms with Crippen molar-refractivity contribution in [1.29, 1.82) is 0 Å². The Labute approximate surface area is 120 Å². The first-order chi connectivity index (χ1) is 9.81. The summed E-state index contributed by atoms with van der Waals surface area (Å²) in [6.07, 6.45) is 4.04. The maximum absolute atomic E-state index is 5.43. The van der Waals surface area contributed by atoms with Gasteiger partial charge in [-0.15, -0.1) is 0 Å². The van der Waals surface area contributed by atoms with E-state index in [1.165, 1.54) is 11.3 Å². The van der Waals surface area contributed by atoms with Crippen LogP contribution in [0.25, 0.3) is 5.69 Å². The minimum atomic E-state index is 0.846. The molecule has 1 N–H and O–H groups in total. The van der Waals surface area contributed by atoms with Crippen molar-refractivity contribution in [3.05, 3.63) is 41.7 Å². The molecule has 0 fully saturated rings. The van der Waals surface area contributed by atoms with Crippen LogP contribution in [0.1, 0.15) is 31.5 Å². The Bertz CT molecular complexity index is 548. The largest absolute Gasteiger partial charge is 0.494 e. The fraction of sp³-hybridized carbons (Fsp3) is 0.438. The number of benzene rings is 1. The van der Waals surface area contributed by atoms with Crippen LogP contribution in [0.2, 0.25) is 0 Å². The zero-order valence-corrected chi connectivity index (χ0v) is 12.5. The van der Waals surface area contributed by atoms with Gasteiger partial charge in [0.25, 0.3) is 0 Å². The summed E-state index contributed by atoms with van der Waals surface area (Å²) in [5.41, 5.74) is 3.48. The highest BCUT2D eigenvalue weighted by atomic mass is 16.5. The number of para-hydroxylation sites is 2. The van der Waals surface area contributed by atoms with Gasteiger partial charge >= 0.3 is 0 Å². The Hall–Kier alpha value is -1.81. The normalized spacial score (nSPS) is 10.8. The van der Waals surface area contributed by atoms with Gasteiger partial charge in [0.2, 0.25) is 0 Å². The zero-order valence-electron chi connectivity index (χ0n) is 12.5. The molecule has 0 radical (unpaired) electrons. The highest BCUT2D eigenvalue weighted by Crippen LogP contribution is 2.24. The van der Waals surface area contributed by atoms with E-state index < -0.39 is 0 Å². The Morgan fingerprint density at radius 1 is 1.25 bits per heavy atom. The standard InChI is InChI=1S/C16H23N3O/c1-4-10-17-11-13-12-18-19(14(13)5-2)15-8-6-7-9-16(15)20-3/h6-9,12,17H,4-5,10-11H2,1-3H3. The summed E-state index contributed by atoms with van der Waals surface area (Å²) in [7, 11) is 1.69. The molecule has 0 aliphatic carbocycles. The van der Waals surface area contributed by atoms with Gasteiger partial charge < -0.3 is 10.1 Å². The summed E-state index contributed by atoms with van der Waals surface area (Å²) in [6, 6.07) is 7.98.